The molecule has 4 heteroatoms. The summed E-state index contributed by atoms with van der Waals surface area (Å²) in [6.07, 6.45) is 0.150. The maximum absolute atomic E-state index is 10.3. The van der Waals surface area contributed by atoms with Gasteiger partial charge in [0.25, 0.3) is 0 Å². The van der Waals surface area contributed by atoms with Crippen LogP contribution in [0.4, 0.5) is 0 Å². The smallest absolute Gasteiger partial charge is 0.160 e. The molecule has 0 fully saturated rings. The van der Waals surface area contributed by atoms with Crippen LogP contribution in [0.15, 0.2) is 48.5 Å². The highest BCUT2D eigenvalue weighted by Crippen LogP contribution is 2.26. The summed E-state index contributed by atoms with van der Waals surface area (Å²) < 4.78 is 5.02. The largest absolute Gasteiger partial charge is 0.504 e. The third kappa shape index (κ3) is 4.48. The SMILES string of the molecule is COc1ccc(CNC(C)C(O)Cc2ccccc2)cc1O. The lowest BCUT2D eigenvalue weighted by molar-refractivity contribution is 0.134. The van der Waals surface area contributed by atoms with Gasteiger partial charge in [0.2, 0.25) is 0 Å². The molecule has 0 saturated heterocycles. The summed E-state index contributed by atoms with van der Waals surface area (Å²) in [6.45, 7) is 2.53. The maximum Gasteiger partial charge on any atom is 0.160 e. The first-order valence-electron chi connectivity index (χ1n) is 7.41. The minimum absolute atomic E-state index is 0.0514. The van der Waals surface area contributed by atoms with Crippen molar-refractivity contribution in [2.24, 2.45) is 0 Å². The summed E-state index contributed by atoms with van der Waals surface area (Å²) in [5, 5.41) is 23.3. The van der Waals surface area contributed by atoms with E-state index in [0.717, 1.165) is 11.1 Å². The number of nitrogens with one attached hydrogen (secondary N) is 1. The van der Waals surface area contributed by atoms with Crippen molar-refractivity contribution in [3.8, 4) is 11.5 Å². The summed E-state index contributed by atoms with van der Waals surface area (Å²) in [6, 6.07) is 15.2. The summed E-state index contributed by atoms with van der Waals surface area (Å²) in [5.41, 5.74) is 2.06. The van der Waals surface area contributed by atoms with Crippen LogP contribution in [0.3, 0.4) is 0 Å². The highest BCUT2D eigenvalue weighted by Gasteiger charge is 2.14. The van der Waals surface area contributed by atoms with Crippen LogP contribution in [0.1, 0.15) is 18.1 Å². The molecule has 2 atom stereocenters. The van der Waals surface area contributed by atoms with Gasteiger partial charge in [-0.3, -0.25) is 0 Å². The molecule has 0 heterocycles. The second kappa shape index (κ2) is 7.82. The van der Waals surface area contributed by atoms with E-state index in [1.807, 2.05) is 43.3 Å². The van der Waals surface area contributed by atoms with Gasteiger partial charge in [-0.25, -0.2) is 0 Å². The van der Waals surface area contributed by atoms with Crippen LogP contribution in [-0.2, 0) is 13.0 Å². The first-order chi connectivity index (χ1) is 10.6. The Hall–Kier alpha value is -2.04. The number of methoxy groups -OCH3 is 1. The van der Waals surface area contributed by atoms with Gasteiger partial charge in [-0.15, -0.1) is 0 Å². The molecule has 0 aliphatic rings. The van der Waals surface area contributed by atoms with Crippen LogP contribution in [0.25, 0.3) is 0 Å². The molecule has 0 amide bonds. The predicted octanol–water partition coefficient (Wildman–Crippen LogP) is 2.48. The molecule has 0 aliphatic heterocycles. The van der Waals surface area contributed by atoms with Gasteiger partial charge in [-0.1, -0.05) is 36.4 Å². The van der Waals surface area contributed by atoms with Gasteiger partial charge < -0.3 is 20.3 Å². The number of aliphatic hydroxyl groups is 1. The molecule has 2 rings (SSSR count). The van der Waals surface area contributed by atoms with Gasteiger partial charge in [0.15, 0.2) is 11.5 Å². The standard InChI is InChI=1S/C18H23NO3/c1-13(16(20)10-14-6-4-3-5-7-14)19-12-15-8-9-18(22-2)17(21)11-15/h3-9,11,13,16,19-21H,10,12H2,1-2H3. The van der Waals surface area contributed by atoms with Crippen LogP contribution in [0.5, 0.6) is 11.5 Å². The molecule has 0 aromatic heterocycles. The third-order valence-electron chi connectivity index (χ3n) is 3.74. The molecular weight excluding hydrogens is 278 g/mol. The zero-order valence-electron chi connectivity index (χ0n) is 13.0. The Morgan fingerprint density at radius 2 is 1.82 bits per heavy atom. The van der Waals surface area contributed by atoms with Gasteiger partial charge in [0, 0.05) is 12.6 Å². The van der Waals surface area contributed by atoms with E-state index in [0.29, 0.717) is 18.7 Å². The monoisotopic (exact) mass is 301 g/mol. The Morgan fingerprint density at radius 1 is 1.09 bits per heavy atom. The Bertz CT molecular complexity index is 586. The van der Waals surface area contributed by atoms with Crippen molar-refractivity contribution in [3.63, 3.8) is 0 Å². The van der Waals surface area contributed by atoms with Crippen LogP contribution in [0.2, 0.25) is 0 Å². The van der Waals surface area contributed by atoms with Crippen molar-refractivity contribution in [2.75, 3.05) is 7.11 Å². The Balaban J connectivity index is 1.86. The van der Waals surface area contributed by atoms with Crippen LogP contribution >= 0.6 is 0 Å². The fraction of sp³-hybridized carbons (Fsp3) is 0.333. The van der Waals surface area contributed by atoms with Crippen molar-refractivity contribution in [1.82, 2.24) is 5.32 Å². The minimum atomic E-state index is -0.464. The second-order valence-electron chi connectivity index (χ2n) is 5.43. The molecule has 2 aromatic carbocycles. The molecule has 0 aliphatic carbocycles. The van der Waals surface area contributed by atoms with Gasteiger partial charge in [-0.2, -0.15) is 0 Å². The van der Waals surface area contributed by atoms with Gasteiger partial charge in [0.05, 0.1) is 13.2 Å². The molecule has 2 aromatic rings. The lowest BCUT2D eigenvalue weighted by Gasteiger charge is -2.20. The molecule has 0 spiro atoms. The quantitative estimate of drug-likeness (QED) is 0.735. The van der Waals surface area contributed by atoms with E-state index in [1.165, 1.54) is 7.11 Å². The van der Waals surface area contributed by atoms with E-state index in [2.05, 4.69) is 5.32 Å². The molecule has 118 valence electrons. The molecule has 2 unspecified atom stereocenters. The van der Waals surface area contributed by atoms with Gasteiger partial charge in [-0.05, 0) is 36.6 Å². The first-order valence-corrected chi connectivity index (χ1v) is 7.41. The minimum Gasteiger partial charge on any atom is -0.504 e. The van der Waals surface area contributed by atoms with Gasteiger partial charge >= 0.3 is 0 Å². The van der Waals surface area contributed by atoms with Crippen LogP contribution in [0, 0.1) is 0 Å². The van der Waals surface area contributed by atoms with E-state index < -0.39 is 6.10 Å². The maximum atomic E-state index is 10.3. The fourth-order valence-corrected chi connectivity index (χ4v) is 2.29. The van der Waals surface area contributed by atoms with E-state index >= 15 is 0 Å². The number of aromatic hydroxyl groups is 1. The average Bonchev–Trinajstić information content (AvgIpc) is 2.53. The Labute approximate surface area is 131 Å². The van der Waals surface area contributed by atoms with Crippen LogP contribution < -0.4 is 10.1 Å². The number of rotatable bonds is 7. The summed E-state index contributed by atoms with van der Waals surface area (Å²) in [4.78, 5) is 0. The summed E-state index contributed by atoms with van der Waals surface area (Å²) in [7, 11) is 1.52. The fourth-order valence-electron chi connectivity index (χ4n) is 2.29. The molecular formula is C18H23NO3. The predicted molar refractivity (Wildman–Crippen MR) is 87.1 cm³/mol. The Morgan fingerprint density at radius 3 is 2.45 bits per heavy atom. The number of hydrogen-bond donors (Lipinski definition) is 3. The summed E-state index contributed by atoms with van der Waals surface area (Å²) in [5.74, 6) is 0.584. The van der Waals surface area contributed by atoms with Crippen molar-refractivity contribution >= 4 is 0 Å². The van der Waals surface area contributed by atoms with Crippen molar-refractivity contribution < 1.29 is 14.9 Å². The van der Waals surface area contributed by atoms with Crippen molar-refractivity contribution in [2.45, 2.75) is 32.0 Å². The topological polar surface area (TPSA) is 61.7 Å². The van der Waals surface area contributed by atoms with Crippen LogP contribution in [-0.4, -0.2) is 29.5 Å². The molecule has 0 bridgehead atoms. The lowest BCUT2D eigenvalue weighted by Crippen LogP contribution is -2.38. The molecule has 22 heavy (non-hydrogen) atoms. The normalized spacial score (nSPS) is 13.6. The molecule has 0 saturated carbocycles. The van der Waals surface area contributed by atoms with Gasteiger partial charge in [0.1, 0.15) is 0 Å². The third-order valence-corrected chi connectivity index (χ3v) is 3.74. The van der Waals surface area contributed by atoms with E-state index in [9.17, 15) is 10.2 Å². The van der Waals surface area contributed by atoms with Crippen molar-refractivity contribution in [3.05, 3.63) is 59.7 Å². The Kier molecular flexibility index (Phi) is 5.81. The highest BCUT2D eigenvalue weighted by atomic mass is 16.5. The number of ether oxygens (including phenoxy) is 1. The second-order valence-corrected chi connectivity index (χ2v) is 5.43. The number of hydrogen-bond acceptors (Lipinski definition) is 4. The molecule has 3 N–H and O–H groups in total. The average molecular weight is 301 g/mol. The van der Waals surface area contributed by atoms with E-state index in [-0.39, 0.29) is 11.8 Å². The lowest BCUT2D eigenvalue weighted by atomic mass is 10.0. The number of phenols is 1. The van der Waals surface area contributed by atoms with E-state index in [1.54, 1.807) is 12.1 Å². The number of aliphatic hydroxyl groups excluding tert-OH is 1. The molecule has 0 radical (unpaired) electrons. The first kappa shape index (κ1) is 16.3. The van der Waals surface area contributed by atoms with E-state index in [4.69, 9.17) is 4.74 Å². The van der Waals surface area contributed by atoms with Crippen molar-refractivity contribution in [1.29, 1.82) is 0 Å². The number of phenolic OH excluding ortho intramolecular Hbond substituents is 1. The zero-order valence-corrected chi connectivity index (χ0v) is 13.0. The zero-order chi connectivity index (χ0) is 15.9. The number of benzene rings is 2. The summed E-state index contributed by atoms with van der Waals surface area (Å²) >= 11 is 0. The molecule has 4 nitrogen and oxygen atoms in total. The highest BCUT2D eigenvalue weighted by molar-refractivity contribution is 5.41.